The molecule has 2 aromatic carbocycles. The number of benzene rings is 2. The second kappa shape index (κ2) is 9.54. The SMILES string of the molecule is CC(C)C(=O)NCCNC(=O)C1CCCN(C(=O)c2cccc3ccccc23)C1. The van der Waals surface area contributed by atoms with E-state index >= 15 is 0 Å². The van der Waals surface area contributed by atoms with Crippen molar-refractivity contribution in [2.75, 3.05) is 26.2 Å². The highest BCUT2D eigenvalue weighted by Gasteiger charge is 2.29. The van der Waals surface area contributed by atoms with Crippen LogP contribution in [0.1, 0.15) is 37.0 Å². The minimum Gasteiger partial charge on any atom is -0.354 e. The average Bonchev–Trinajstić information content (AvgIpc) is 2.75. The lowest BCUT2D eigenvalue weighted by Crippen LogP contribution is -2.46. The predicted octanol–water partition coefficient (Wildman–Crippen LogP) is 2.58. The third kappa shape index (κ3) is 5.13. The highest BCUT2D eigenvalue weighted by molar-refractivity contribution is 6.07. The second-order valence-electron chi connectivity index (χ2n) is 7.85. The van der Waals surface area contributed by atoms with Gasteiger partial charge in [-0.25, -0.2) is 0 Å². The van der Waals surface area contributed by atoms with E-state index in [9.17, 15) is 14.4 Å². The van der Waals surface area contributed by atoms with Crippen LogP contribution in [0, 0.1) is 11.8 Å². The van der Waals surface area contributed by atoms with Crippen molar-refractivity contribution in [3.05, 3.63) is 48.0 Å². The third-order valence-corrected chi connectivity index (χ3v) is 5.35. The molecule has 1 heterocycles. The summed E-state index contributed by atoms with van der Waals surface area (Å²) in [6.45, 7) is 5.55. The van der Waals surface area contributed by atoms with Crippen molar-refractivity contribution in [1.82, 2.24) is 15.5 Å². The normalized spacial score (nSPS) is 16.7. The monoisotopic (exact) mass is 395 g/mol. The molecule has 1 aliphatic rings. The molecule has 3 amide bonds. The van der Waals surface area contributed by atoms with Crippen LogP contribution in [0.25, 0.3) is 10.8 Å². The minimum absolute atomic E-state index is 0.0243. The number of amides is 3. The summed E-state index contributed by atoms with van der Waals surface area (Å²) in [5.74, 6) is -0.396. The molecular weight excluding hydrogens is 366 g/mol. The molecule has 1 unspecified atom stereocenters. The van der Waals surface area contributed by atoms with Crippen LogP contribution in [0.15, 0.2) is 42.5 Å². The molecule has 1 fully saturated rings. The van der Waals surface area contributed by atoms with E-state index < -0.39 is 0 Å². The molecule has 6 nitrogen and oxygen atoms in total. The van der Waals surface area contributed by atoms with E-state index in [2.05, 4.69) is 10.6 Å². The Bertz CT molecular complexity index is 889. The summed E-state index contributed by atoms with van der Waals surface area (Å²) < 4.78 is 0. The zero-order valence-electron chi connectivity index (χ0n) is 17.1. The van der Waals surface area contributed by atoms with Crippen LogP contribution in [-0.2, 0) is 9.59 Å². The predicted molar refractivity (Wildman–Crippen MR) is 113 cm³/mol. The van der Waals surface area contributed by atoms with Gasteiger partial charge in [0.15, 0.2) is 0 Å². The van der Waals surface area contributed by atoms with E-state index in [0.29, 0.717) is 31.7 Å². The number of fused-ring (bicyclic) bond motifs is 1. The summed E-state index contributed by atoms with van der Waals surface area (Å²) in [5.41, 5.74) is 0.681. The van der Waals surface area contributed by atoms with Crippen LogP contribution in [-0.4, -0.2) is 48.8 Å². The fourth-order valence-corrected chi connectivity index (χ4v) is 3.68. The summed E-state index contributed by atoms with van der Waals surface area (Å²) in [7, 11) is 0. The van der Waals surface area contributed by atoms with Gasteiger partial charge < -0.3 is 15.5 Å². The zero-order valence-corrected chi connectivity index (χ0v) is 17.1. The molecule has 3 rings (SSSR count). The highest BCUT2D eigenvalue weighted by atomic mass is 16.2. The van der Waals surface area contributed by atoms with Gasteiger partial charge in [-0.05, 0) is 29.7 Å². The Morgan fingerprint density at radius 1 is 1.03 bits per heavy atom. The first-order valence-electron chi connectivity index (χ1n) is 10.3. The van der Waals surface area contributed by atoms with E-state index in [4.69, 9.17) is 0 Å². The molecule has 0 radical (unpaired) electrons. The fourth-order valence-electron chi connectivity index (χ4n) is 3.68. The van der Waals surface area contributed by atoms with E-state index in [-0.39, 0.29) is 29.6 Å². The first-order valence-corrected chi connectivity index (χ1v) is 10.3. The standard InChI is InChI=1S/C23H29N3O3/c1-16(2)21(27)24-12-13-25-22(28)18-9-6-14-26(15-18)23(29)20-11-5-8-17-7-3-4-10-19(17)20/h3-5,7-8,10-11,16,18H,6,9,12-15H2,1-2H3,(H,24,27)(H,25,28). The lowest BCUT2D eigenvalue weighted by molar-refractivity contribution is -0.127. The molecule has 2 aromatic rings. The van der Waals surface area contributed by atoms with Gasteiger partial charge in [-0.2, -0.15) is 0 Å². The van der Waals surface area contributed by atoms with Gasteiger partial charge in [-0.15, -0.1) is 0 Å². The number of carbonyl (C=O) groups is 3. The summed E-state index contributed by atoms with van der Waals surface area (Å²) >= 11 is 0. The van der Waals surface area contributed by atoms with Gasteiger partial charge in [-0.1, -0.05) is 50.2 Å². The molecule has 0 saturated carbocycles. The second-order valence-corrected chi connectivity index (χ2v) is 7.85. The highest BCUT2D eigenvalue weighted by Crippen LogP contribution is 2.23. The van der Waals surface area contributed by atoms with Gasteiger partial charge in [0.1, 0.15) is 0 Å². The maximum absolute atomic E-state index is 13.1. The van der Waals surface area contributed by atoms with E-state index in [0.717, 1.165) is 23.6 Å². The molecule has 1 saturated heterocycles. The summed E-state index contributed by atoms with van der Waals surface area (Å²) in [4.78, 5) is 39.0. The molecule has 0 bridgehead atoms. The number of hydrogen-bond donors (Lipinski definition) is 2. The summed E-state index contributed by atoms with van der Waals surface area (Å²) in [5, 5.41) is 7.64. The van der Waals surface area contributed by atoms with Crippen LogP contribution < -0.4 is 10.6 Å². The third-order valence-electron chi connectivity index (χ3n) is 5.35. The Morgan fingerprint density at radius 3 is 2.55 bits per heavy atom. The molecule has 0 spiro atoms. The number of nitrogens with one attached hydrogen (secondary N) is 2. The van der Waals surface area contributed by atoms with Crippen molar-refractivity contribution in [3.8, 4) is 0 Å². The van der Waals surface area contributed by atoms with E-state index in [1.54, 1.807) is 4.90 Å². The van der Waals surface area contributed by atoms with Gasteiger partial charge >= 0.3 is 0 Å². The number of hydrogen-bond acceptors (Lipinski definition) is 3. The summed E-state index contributed by atoms with van der Waals surface area (Å²) in [6, 6.07) is 13.6. The smallest absolute Gasteiger partial charge is 0.254 e. The van der Waals surface area contributed by atoms with E-state index in [1.807, 2.05) is 56.3 Å². The Balaban J connectivity index is 1.58. The summed E-state index contributed by atoms with van der Waals surface area (Å²) in [6.07, 6.45) is 1.57. The molecule has 154 valence electrons. The molecule has 0 aromatic heterocycles. The Morgan fingerprint density at radius 2 is 1.76 bits per heavy atom. The van der Waals surface area contributed by atoms with Crippen LogP contribution in [0.5, 0.6) is 0 Å². The lowest BCUT2D eigenvalue weighted by atomic mass is 9.95. The first-order chi connectivity index (χ1) is 14.0. The van der Waals surface area contributed by atoms with Gasteiger partial charge in [-0.3, -0.25) is 14.4 Å². The topological polar surface area (TPSA) is 78.5 Å². The van der Waals surface area contributed by atoms with Crippen LogP contribution >= 0.6 is 0 Å². The van der Waals surface area contributed by atoms with Gasteiger partial charge in [0.2, 0.25) is 11.8 Å². The lowest BCUT2D eigenvalue weighted by Gasteiger charge is -2.32. The van der Waals surface area contributed by atoms with Crippen molar-refractivity contribution in [2.45, 2.75) is 26.7 Å². The van der Waals surface area contributed by atoms with Crippen LogP contribution in [0.2, 0.25) is 0 Å². The average molecular weight is 396 g/mol. The van der Waals surface area contributed by atoms with Crippen LogP contribution in [0.4, 0.5) is 0 Å². The van der Waals surface area contributed by atoms with Crippen molar-refractivity contribution in [3.63, 3.8) is 0 Å². The Labute approximate surface area is 171 Å². The number of carbonyl (C=O) groups excluding carboxylic acids is 3. The van der Waals surface area contributed by atoms with Crippen LogP contribution in [0.3, 0.4) is 0 Å². The first kappa shape index (κ1) is 20.8. The van der Waals surface area contributed by atoms with Crippen molar-refractivity contribution >= 4 is 28.5 Å². The van der Waals surface area contributed by atoms with Crippen molar-refractivity contribution in [2.24, 2.45) is 11.8 Å². The number of nitrogens with zero attached hydrogens (tertiary/aromatic N) is 1. The van der Waals surface area contributed by atoms with Crippen molar-refractivity contribution in [1.29, 1.82) is 0 Å². The quantitative estimate of drug-likeness (QED) is 0.738. The van der Waals surface area contributed by atoms with Gasteiger partial charge in [0.05, 0.1) is 5.92 Å². The molecule has 0 aliphatic carbocycles. The maximum atomic E-state index is 13.1. The molecule has 1 atom stereocenters. The molecule has 29 heavy (non-hydrogen) atoms. The molecular formula is C23H29N3O3. The fraction of sp³-hybridized carbons (Fsp3) is 0.435. The van der Waals surface area contributed by atoms with E-state index in [1.165, 1.54) is 0 Å². The van der Waals surface area contributed by atoms with Crippen molar-refractivity contribution < 1.29 is 14.4 Å². The van der Waals surface area contributed by atoms with Gasteiger partial charge in [0, 0.05) is 37.7 Å². The Hall–Kier alpha value is -2.89. The Kier molecular flexibility index (Phi) is 6.86. The molecule has 1 aliphatic heterocycles. The van der Waals surface area contributed by atoms with Gasteiger partial charge in [0.25, 0.3) is 5.91 Å². The number of likely N-dealkylation sites (tertiary alicyclic amines) is 1. The largest absolute Gasteiger partial charge is 0.354 e. The number of rotatable bonds is 6. The minimum atomic E-state index is -0.219. The molecule has 6 heteroatoms. The number of piperidine rings is 1. The molecule has 2 N–H and O–H groups in total. The maximum Gasteiger partial charge on any atom is 0.254 e. The zero-order chi connectivity index (χ0) is 20.8.